The molecule has 1 aromatic rings. The van der Waals surface area contributed by atoms with Crippen molar-refractivity contribution in [1.82, 2.24) is 0 Å². The van der Waals surface area contributed by atoms with Gasteiger partial charge in [0.05, 0.1) is 11.1 Å². The zero-order valence-electron chi connectivity index (χ0n) is 6.32. The SMILES string of the molecule is O=C(O)c1ccc(C(=O)O)c(F)c1. The lowest BCUT2D eigenvalue weighted by atomic mass is 10.1. The maximum Gasteiger partial charge on any atom is 0.338 e. The number of benzene rings is 1. The minimum atomic E-state index is -1.42. The molecule has 0 aliphatic heterocycles. The molecule has 0 saturated heterocycles. The smallest absolute Gasteiger partial charge is 0.338 e. The Hall–Kier alpha value is -1.91. The molecular formula is C8H5FO4. The molecule has 5 heteroatoms. The second-order valence-corrected chi connectivity index (χ2v) is 2.30. The maximum atomic E-state index is 12.8. The standard InChI is InChI=1S/C8H5FO4/c9-6-3-4(7(10)11)1-2-5(6)8(12)13/h1-3H,(H,10,11)(H,12,13). The topological polar surface area (TPSA) is 74.6 Å². The van der Waals surface area contributed by atoms with Crippen LogP contribution in [0.4, 0.5) is 4.39 Å². The summed E-state index contributed by atoms with van der Waals surface area (Å²) in [5.41, 5.74) is -0.812. The van der Waals surface area contributed by atoms with Crippen LogP contribution in [0.1, 0.15) is 20.7 Å². The minimum absolute atomic E-state index is 0.275. The van der Waals surface area contributed by atoms with E-state index in [1.165, 1.54) is 0 Å². The fourth-order valence-corrected chi connectivity index (χ4v) is 0.822. The summed E-state index contributed by atoms with van der Waals surface area (Å²) < 4.78 is 12.8. The highest BCUT2D eigenvalue weighted by molar-refractivity contribution is 5.91. The molecule has 0 aliphatic rings. The van der Waals surface area contributed by atoms with Gasteiger partial charge in [-0.2, -0.15) is 0 Å². The van der Waals surface area contributed by atoms with Gasteiger partial charge in [0.15, 0.2) is 0 Å². The maximum absolute atomic E-state index is 12.8. The summed E-state index contributed by atoms with van der Waals surface area (Å²) in [7, 11) is 0. The quantitative estimate of drug-likeness (QED) is 0.724. The third-order valence-corrected chi connectivity index (χ3v) is 1.45. The lowest BCUT2D eigenvalue weighted by Crippen LogP contribution is -2.03. The second kappa shape index (κ2) is 3.22. The molecular weight excluding hydrogens is 179 g/mol. The van der Waals surface area contributed by atoms with Crippen LogP contribution in [0, 0.1) is 5.82 Å². The molecule has 0 atom stereocenters. The number of carboxylic acids is 2. The molecule has 0 radical (unpaired) electrons. The van der Waals surface area contributed by atoms with Crippen molar-refractivity contribution in [3.63, 3.8) is 0 Å². The van der Waals surface area contributed by atoms with Crippen molar-refractivity contribution in [1.29, 1.82) is 0 Å². The van der Waals surface area contributed by atoms with Crippen molar-refractivity contribution in [2.45, 2.75) is 0 Å². The largest absolute Gasteiger partial charge is 0.478 e. The van der Waals surface area contributed by atoms with Crippen LogP contribution in [0.15, 0.2) is 18.2 Å². The van der Waals surface area contributed by atoms with E-state index in [4.69, 9.17) is 10.2 Å². The Kier molecular flexibility index (Phi) is 2.27. The normalized spacial score (nSPS) is 9.62. The lowest BCUT2D eigenvalue weighted by Gasteiger charge is -1.98. The summed E-state index contributed by atoms with van der Waals surface area (Å²) in [6.45, 7) is 0. The van der Waals surface area contributed by atoms with Gasteiger partial charge in [-0.05, 0) is 18.2 Å². The van der Waals surface area contributed by atoms with Gasteiger partial charge in [0.1, 0.15) is 5.82 Å². The van der Waals surface area contributed by atoms with E-state index in [9.17, 15) is 14.0 Å². The van der Waals surface area contributed by atoms with E-state index in [1.54, 1.807) is 0 Å². The fourth-order valence-electron chi connectivity index (χ4n) is 0.822. The number of hydrogen-bond acceptors (Lipinski definition) is 2. The van der Waals surface area contributed by atoms with Crippen LogP contribution in [0.2, 0.25) is 0 Å². The first-order valence-corrected chi connectivity index (χ1v) is 3.28. The first-order valence-electron chi connectivity index (χ1n) is 3.28. The van der Waals surface area contributed by atoms with E-state index in [-0.39, 0.29) is 5.56 Å². The Balaban J connectivity index is 3.20. The number of carbonyl (C=O) groups is 2. The number of hydrogen-bond donors (Lipinski definition) is 2. The average molecular weight is 184 g/mol. The van der Waals surface area contributed by atoms with E-state index in [0.29, 0.717) is 6.07 Å². The average Bonchev–Trinajstić information content (AvgIpc) is 2.03. The highest BCUT2D eigenvalue weighted by Crippen LogP contribution is 2.10. The molecule has 13 heavy (non-hydrogen) atoms. The van der Waals surface area contributed by atoms with Crippen LogP contribution >= 0.6 is 0 Å². The van der Waals surface area contributed by atoms with Crippen molar-refractivity contribution in [3.05, 3.63) is 35.1 Å². The molecule has 0 aliphatic carbocycles. The van der Waals surface area contributed by atoms with Crippen molar-refractivity contribution < 1.29 is 24.2 Å². The van der Waals surface area contributed by atoms with Gasteiger partial charge < -0.3 is 10.2 Å². The summed E-state index contributed by atoms with van der Waals surface area (Å²) in [6, 6.07) is 2.63. The van der Waals surface area contributed by atoms with Crippen molar-refractivity contribution >= 4 is 11.9 Å². The van der Waals surface area contributed by atoms with E-state index >= 15 is 0 Å². The zero-order chi connectivity index (χ0) is 10.0. The van der Waals surface area contributed by atoms with Gasteiger partial charge in [-0.25, -0.2) is 14.0 Å². The van der Waals surface area contributed by atoms with Gasteiger partial charge in [-0.3, -0.25) is 0 Å². The van der Waals surface area contributed by atoms with E-state index < -0.39 is 23.3 Å². The van der Waals surface area contributed by atoms with Crippen LogP contribution < -0.4 is 0 Å². The van der Waals surface area contributed by atoms with Crippen molar-refractivity contribution in [2.75, 3.05) is 0 Å². The van der Waals surface area contributed by atoms with Gasteiger partial charge in [-0.15, -0.1) is 0 Å². The molecule has 0 saturated carbocycles. The Morgan fingerprint density at radius 1 is 1.15 bits per heavy atom. The molecule has 1 aromatic carbocycles. The molecule has 0 heterocycles. The molecule has 0 unspecified atom stereocenters. The Bertz CT molecular complexity index is 372. The molecule has 0 aromatic heterocycles. The van der Waals surface area contributed by atoms with Gasteiger partial charge >= 0.3 is 11.9 Å². The fraction of sp³-hybridized carbons (Fsp3) is 0. The molecule has 0 amide bonds. The van der Waals surface area contributed by atoms with E-state index in [1.807, 2.05) is 0 Å². The summed E-state index contributed by atoms with van der Waals surface area (Å²) in [5, 5.41) is 16.8. The minimum Gasteiger partial charge on any atom is -0.478 e. The van der Waals surface area contributed by atoms with Crippen LogP contribution in [0.25, 0.3) is 0 Å². The molecule has 0 spiro atoms. The molecule has 4 nitrogen and oxygen atoms in total. The predicted molar refractivity (Wildman–Crippen MR) is 40.3 cm³/mol. The number of rotatable bonds is 2. The lowest BCUT2D eigenvalue weighted by molar-refractivity contribution is 0.0676. The second-order valence-electron chi connectivity index (χ2n) is 2.30. The van der Waals surface area contributed by atoms with Crippen molar-refractivity contribution in [2.24, 2.45) is 0 Å². The summed E-state index contributed by atoms with van der Waals surface area (Å²) in [6.07, 6.45) is 0. The van der Waals surface area contributed by atoms with Gasteiger partial charge in [-0.1, -0.05) is 0 Å². The molecule has 1 rings (SSSR count). The van der Waals surface area contributed by atoms with Gasteiger partial charge in [0.25, 0.3) is 0 Å². The van der Waals surface area contributed by atoms with Crippen LogP contribution in [-0.4, -0.2) is 22.2 Å². The number of aromatic carboxylic acids is 2. The first-order chi connectivity index (χ1) is 6.02. The highest BCUT2D eigenvalue weighted by Gasteiger charge is 2.12. The van der Waals surface area contributed by atoms with E-state index in [0.717, 1.165) is 12.1 Å². The summed E-state index contributed by atoms with van der Waals surface area (Å²) >= 11 is 0. The summed E-state index contributed by atoms with van der Waals surface area (Å²) in [4.78, 5) is 20.6. The van der Waals surface area contributed by atoms with Gasteiger partial charge in [0, 0.05) is 0 Å². The van der Waals surface area contributed by atoms with Crippen molar-refractivity contribution in [3.8, 4) is 0 Å². The zero-order valence-corrected chi connectivity index (χ0v) is 6.32. The molecule has 68 valence electrons. The third kappa shape index (κ3) is 1.81. The summed E-state index contributed by atoms with van der Waals surface area (Å²) in [5.74, 6) is -3.77. The van der Waals surface area contributed by atoms with Crippen LogP contribution in [0.3, 0.4) is 0 Å². The monoisotopic (exact) mass is 184 g/mol. The Morgan fingerprint density at radius 3 is 2.15 bits per heavy atom. The van der Waals surface area contributed by atoms with Gasteiger partial charge in [0.2, 0.25) is 0 Å². The molecule has 0 fully saturated rings. The van der Waals surface area contributed by atoms with E-state index in [2.05, 4.69) is 0 Å². The Labute approximate surface area is 72.2 Å². The number of halogens is 1. The predicted octanol–water partition coefficient (Wildman–Crippen LogP) is 1.22. The molecule has 2 N–H and O–H groups in total. The first kappa shape index (κ1) is 9.18. The number of carboxylic acid groups (broad SMARTS) is 2. The van der Waals surface area contributed by atoms with Crippen LogP contribution in [0.5, 0.6) is 0 Å². The molecule has 0 bridgehead atoms. The van der Waals surface area contributed by atoms with Crippen LogP contribution in [-0.2, 0) is 0 Å². The third-order valence-electron chi connectivity index (χ3n) is 1.45. The Morgan fingerprint density at radius 2 is 1.77 bits per heavy atom. The highest BCUT2D eigenvalue weighted by atomic mass is 19.1.